The van der Waals surface area contributed by atoms with Gasteiger partial charge in [0.15, 0.2) is 22.6 Å². The predicted octanol–water partition coefficient (Wildman–Crippen LogP) is 22.2. The molecular weight excluding hydrogens is 1720 g/mol. The third kappa shape index (κ3) is 20.7. The Labute approximate surface area is 739 Å². The number of benzene rings is 6. The van der Waals surface area contributed by atoms with E-state index in [4.69, 9.17) is 117 Å². The molecule has 1 amide bonds. The number of aromatic carboxylic acids is 1. The highest BCUT2D eigenvalue weighted by molar-refractivity contribution is 7.59. The topological polar surface area (TPSA) is 284 Å². The molecule has 14 aromatic rings. The third-order valence-electron chi connectivity index (χ3n) is 18.8. The summed E-state index contributed by atoms with van der Waals surface area (Å²) < 4.78 is 28.1. The van der Waals surface area contributed by atoms with Crippen LogP contribution in [0.15, 0.2) is 177 Å². The first kappa shape index (κ1) is 91.3. The minimum Gasteiger partial charge on any atom is -0.493 e. The monoisotopic (exact) mass is 1800 g/mol. The van der Waals surface area contributed by atoms with E-state index in [2.05, 4.69) is 52.2 Å². The molecule has 0 radical (unpaired) electrons. The van der Waals surface area contributed by atoms with Crippen LogP contribution in [0.25, 0.3) is 73.2 Å². The van der Waals surface area contributed by atoms with E-state index < -0.39 is 17.9 Å². The summed E-state index contributed by atoms with van der Waals surface area (Å²) in [6, 6.07) is 36.8. The van der Waals surface area contributed by atoms with E-state index in [1.807, 2.05) is 109 Å². The minimum atomic E-state index is -1.01. The Hall–Kier alpha value is -10.0. The molecule has 0 bridgehead atoms. The second-order valence-electron chi connectivity index (χ2n) is 28.0. The van der Waals surface area contributed by atoms with Gasteiger partial charge >= 0.3 is 17.9 Å². The average Bonchev–Trinajstić information content (AvgIpc) is 1.66. The van der Waals surface area contributed by atoms with Crippen LogP contribution in [0.1, 0.15) is 180 Å². The lowest BCUT2D eigenvalue weighted by Crippen LogP contribution is -2.33. The lowest BCUT2D eigenvalue weighted by atomic mass is 9.97. The zero-order valence-corrected chi connectivity index (χ0v) is 73.7. The quantitative estimate of drug-likeness (QED) is 0.0804. The summed E-state index contributed by atoms with van der Waals surface area (Å²) in [4.78, 5) is 67.2. The number of hydrogen-bond donors (Lipinski definition) is 3. The Kier molecular flexibility index (Phi) is 31.0. The largest absolute Gasteiger partial charge is 0.493 e. The molecule has 6 aromatic carbocycles. The van der Waals surface area contributed by atoms with Gasteiger partial charge in [0.2, 0.25) is 0 Å². The summed E-state index contributed by atoms with van der Waals surface area (Å²) >= 11 is 48.9. The van der Waals surface area contributed by atoms with E-state index in [1.54, 1.807) is 124 Å². The van der Waals surface area contributed by atoms with E-state index in [-0.39, 0.29) is 74.9 Å². The van der Waals surface area contributed by atoms with E-state index >= 15 is 0 Å². The van der Waals surface area contributed by atoms with Gasteiger partial charge in [-0.25, -0.2) is 52.4 Å². The van der Waals surface area contributed by atoms with Gasteiger partial charge in [0.1, 0.15) is 11.5 Å². The second-order valence-corrected chi connectivity index (χ2v) is 31.5. The third-order valence-corrected chi connectivity index (χ3v) is 20.5. The number of aromatic nitrogens is 12. The molecule has 4 N–H and O–H groups in total. The Balaban J connectivity index is 0.000000160. The second kappa shape index (κ2) is 40.4. The molecule has 0 saturated carbocycles. The Morgan fingerprint density at radius 3 is 1.17 bits per heavy atom. The fraction of sp³-hybridized carbons (Fsp3) is 0.233. The molecular formula is C86H82Cl8N14O9S2. The van der Waals surface area contributed by atoms with Crippen LogP contribution in [-0.2, 0) is 9.47 Å². The van der Waals surface area contributed by atoms with Crippen LogP contribution in [0.5, 0.6) is 11.5 Å². The summed E-state index contributed by atoms with van der Waals surface area (Å²) in [6.07, 6.45) is 14.3. The number of esters is 2. The summed E-state index contributed by atoms with van der Waals surface area (Å²) in [5.74, 6) is -0.160. The normalized spacial score (nSPS) is 13.2. The zero-order valence-electron chi connectivity index (χ0n) is 65.7. The number of carbonyl (C=O) groups is 4. The van der Waals surface area contributed by atoms with Gasteiger partial charge in [-0.15, -0.1) is 0 Å². The van der Waals surface area contributed by atoms with E-state index in [0.717, 1.165) is 80.4 Å². The van der Waals surface area contributed by atoms with Gasteiger partial charge in [-0.3, -0.25) is 4.79 Å². The highest BCUT2D eigenvalue weighted by Crippen LogP contribution is 2.39. The number of hydrogen-bond acceptors (Lipinski definition) is 17. The van der Waals surface area contributed by atoms with Gasteiger partial charge in [-0.1, -0.05) is 177 Å². The lowest BCUT2D eigenvalue weighted by molar-refractivity contribution is 0.0515. The number of fused-ring (bicyclic) bond motifs is 6. The Morgan fingerprint density at radius 2 is 0.790 bits per heavy atom. The Morgan fingerprint density at radius 1 is 0.471 bits per heavy atom. The van der Waals surface area contributed by atoms with Crippen LogP contribution in [-0.4, -0.2) is 114 Å². The van der Waals surface area contributed by atoms with Crippen molar-refractivity contribution in [2.24, 2.45) is 5.73 Å². The molecule has 10 heterocycles. The average molecular weight is 1800 g/mol. The summed E-state index contributed by atoms with van der Waals surface area (Å²) in [7, 11) is 0. The van der Waals surface area contributed by atoms with Crippen LogP contribution in [0, 0.1) is 0 Å². The summed E-state index contributed by atoms with van der Waals surface area (Å²) in [5, 5.41) is 34.2. The maximum atomic E-state index is 13.4. The molecule has 2 atom stereocenters. The van der Waals surface area contributed by atoms with Crippen LogP contribution in [0.4, 0.5) is 0 Å². The molecule has 119 heavy (non-hydrogen) atoms. The number of nitrogens with one attached hydrogen (secondary N) is 1. The van der Waals surface area contributed by atoms with Crippen molar-refractivity contribution in [2.75, 3.05) is 26.4 Å². The SMILES string of the molecule is C=C(C)c1c(C(=O)OCC)cnn2c(-c3cc(Cl)cc(Cl)c3)cnc12.CC(C)c1c(C(=O)N[C@H]2CCOc3ccccc32)cnn2c(-c3cc(Cl)cc(Cl)c3)cnc12.CC(C)c1c(C(=O)O)cnn2c(-c3cc(Cl)cc(Cl)c3)cnc12.CCOC(=O)c1cnn2c(-c3cc(Cl)cc(Cl)c3)cnc2c1C(C)C.N[C@H]1CCOc2ccccc21.S.S. The number of amides is 1. The van der Waals surface area contributed by atoms with Gasteiger partial charge < -0.3 is 35.1 Å². The van der Waals surface area contributed by atoms with Crippen molar-refractivity contribution in [2.45, 2.75) is 105 Å². The molecule has 23 nitrogen and oxygen atoms in total. The van der Waals surface area contributed by atoms with Crippen LogP contribution in [0.2, 0.25) is 40.2 Å². The molecule has 0 fully saturated rings. The van der Waals surface area contributed by atoms with Crippen molar-refractivity contribution in [1.29, 1.82) is 0 Å². The number of carboxylic acid groups (broad SMARTS) is 1. The number of carboxylic acids is 1. The standard InChI is InChI=1S/C25H22Cl2N4O2.C18H17Cl2N3O2.C18H15Cl2N3O2.C16H13Cl2N3O2.C9H11NO.2H2S/c1-14(2)23-19(25(32)30-20-7-8-33-22-6-4-3-5-18(20)22)12-29-31-21(13-28-24(23)31)15-9-16(26)11-17(27)10-15;2*1-4-25-18(24)14-8-22-23-15(9-21-17(23)16(14)10(2)3)11-5-12(19)7-13(20)6-11;1-8(2)14-12(16(22)23)6-20-21-13(7-19-15(14)21)9-3-10(17)5-11(18)4-9;10-8-5-6-11-9-4-2-1-3-7(8)9;;/h3-6,9-14,20H,7-8H2,1-2H3,(H,30,32);5-10H,4H2,1-3H3;5-9H,2,4H2,1,3H3;3-8H,1-2H3,(H,22,23);1-4,8H,5-6,10H2;2*1H2/t20-;;;;8-;;/m0...0../s1. The van der Waals surface area contributed by atoms with E-state index in [0.29, 0.717) is 127 Å². The van der Waals surface area contributed by atoms with Crippen molar-refractivity contribution < 1.29 is 43.2 Å². The maximum absolute atomic E-state index is 13.4. The number of ether oxygens (including phenoxy) is 4. The van der Waals surface area contributed by atoms with Crippen molar-refractivity contribution in [3.05, 3.63) is 273 Å². The fourth-order valence-corrected chi connectivity index (χ4v) is 15.8. The van der Waals surface area contributed by atoms with Crippen molar-refractivity contribution in [1.82, 2.24) is 63.7 Å². The van der Waals surface area contributed by atoms with Crippen molar-refractivity contribution in [3.63, 3.8) is 0 Å². The zero-order chi connectivity index (χ0) is 83.8. The van der Waals surface area contributed by atoms with Crippen LogP contribution >= 0.6 is 120 Å². The first-order valence-corrected chi connectivity index (χ1v) is 40.1. The van der Waals surface area contributed by atoms with Crippen molar-refractivity contribution >= 4 is 172 Å². The van der Waals surface area contributed by atoms with Gasteiger partial charge in [0.25, 0.3) is 5.91 Å². The predicted molar refractivity (Wildman–Crippen MR) is 481 cm³/mol. The molecule has 0 spiro atoms. The fourth-order valence-electron chi connectivity index (χ4n) is 13.7. The van der Waals surface area contributed by atoms with Gasteiger partial charge in [-0.2, -0.15) is 47.4 Å². The molecule has 33 heteroatoms. The maximum Gasteiger partial charge on any atom is 0.340 e. The highest BCUT2D eigenvalue weighted by Gasteiger charge is 2.30. The molecule has 8 aromatic heterocycles. The molecule has 0 unspecified atom stereocenters. The van der Waals surface area contributed by atoms with Crippen LogP contribution in [0.3, 0.4) is 0 Å². The summed E-state index contributed by atoms with van der Waals surface area (Å²) in [5.41, 5.74) is 21.3. The van der Waals surface area contributed by atoms with E-state index in [1.165, 1.54) is 18.6 Å². The molecule has 0 saturated heterocycles. The molecule has 618 valence electrons. The van der Waals surface area contributed by atoms with Crippen LogP contribution < -0.4 is 20.5 Å². The first-order chi connectivity index (χ1) is 56.0. The molecule has 0 aliphatic carbocycles. The Bertz CT molecular complexity index is 6060. The summed E-state index contributed by atoms with van der Waals surface area (Å²) in [6.45, 7) is 23.1. The number of nitrogens with zero attached hydrogens (tertiary/aromatic N) is 12. The van der Waals surface area contributed by atoms with E-state index in [9.17, 15) is 24.3 Å². The van der Waals surface area contributed by atoms with Gasteiger partial charge in [0, 0.05) is 115 Å². The number of carbonyl (C=O) groups excluding carboxylic acids is 3. The van der Waals surface area contributed by atoms with Crippen molar-refractivity contribution in [3.8, 4) is 56.5 Å². The molecule has 16 rings (SSSR count). The smallest absolute Gasteiger partial charge is 0.340 e. The lowest BCUT2D eigenvalue weighted by Gasteiger charge is -2.27. The number of halogens is 8. The number of nitrogens with two attached hydrogens (primary N) is 1. The number of imidazole rings is 4. The van der Waals surface area contributed by atoms with Gasteiger partial charge in [0.05, 0.1) is 127 Å². The number of rotatable bonds is 15. The minimum absolute atomic E-state index is 0. The number of allylic oxidation sites excluding steroid dienone is 1. The first-order valence-electron chi connectivity index (χ1n) is 37.1. The number of para-hydroxylation sites is 2. The molecule has 2 aliphatic rings. The molecule has 2 aliphatic heterocycles. The highest BCUT2D eigenvalue weighted by atomic mass is 35.5. The van der Waals surface area contributed by atoms with Gasteiger partial charge in [-0.05, 0) is 129 Å².